The molecular weight excluding hydrogens is 299 g/mol. The lowest BCUT2D eigenvalue weighted by Crippen LogP contribution is -2.36. The van der Waals surface area contributed by atoms with Gasteiger partial charge in [-0.25, -0.2) is 17.9 Å². The smallest absolute Gasteiger partial charge is 0.258 e. The van der Waals surface area contributed by atoms with Crippen molar-refractivity contribution in [2.45, 2.75) is 36.6 Å². The van der Waals surface area contributed by atoms with Crippen LogP contribution in [0, 0.1) is 5.82 Å². The van der Waals surface area contributed by atoms with Gasteiger partial charge in [0.25, 0.3) is 5.91 Å². The van der Waals surface area contributed by atoms with Crippen molar-refractivity contribution in [1.82, 2.24) is 5.32 Å². The molecule has 0 saturated heterocycles. The molecule has 0 radical (unpaired) electrons. The maximum absolute atomic E-state index is 13.1. The van der Waals surface area contributed by atoms with Gasteiger partial charge in [0, 0.05) is 6.04 Å². The molecule has 1 amide bonds. The lowest BCUT2D eigenvalue weighted by Gasteiger charge is -2.13. The second-order valence-electron chi connectivity index (χ2n) is 4.97. The van der Waals surface area contributed by atoms with Crippen LogP contribution in [0.15, 0.2) is 23.1 Å². The van der Waals surface area contributed by atoms with Gasteiger partial charge in [-0.2, -0.15) is 0 Å². The molecule has 3 N–H and O–H groups in total. The molecule has 0 heterocycles. The summed E-state index contributed by atoms with van der Waals surface area (Å²) in [5, 5.41) is 7.79. The van der Waals surface area contributed by atoms with Crippen molar-refractivity contribution >= 4 is 15.9 Å². The molecule has 116 valence electrons. The summed E-state index contributed by atoms with van der Waals surface area (Å²) >= 11 is 0. The summed E-state index contributed by atoms with van der Waals surface area (Å²) < 4.78 is 41.0. The van der Waals surface area contributed by atoms with E-state index in [1.807, 2.05) is 0 Å². The van der Waals surface area contributed by atoms with Crippen LogP contribution in [-0.4, -0.2) is 27.0 Å². The number of primary sulfonamides is 1. The van der Waals surface area contributed by atoms with Crippen molar-refractivity contribution in [2.75, 3.05) is 6.61 Å². The average Bonchev–Trinajstić information content (AvgIpc) is 2.89. The SMILES string of the molecule is NS(=O)(=O)c1cc(F)ccc1OCC(=O)NC1CCCC1. The van der Waals surface area contributed by atoms with E-state index >= 15 is 0 Å². The monoisotopic (exact) mass is 316 g/mol. The number of carbonyl (C=O) groups excluding carboxylic acids is 1. The van der Waals surface area contributed by atoms with Gasteiger partial charge in [0.15, 0.2) is 6.61 Å². The molecule has 1 saturated carbocycles. The molecule has 0 bridgehead atoms. The van der Waals surface area contributed by atoms with E-state index in [0.717, 1.165) is 43.9 Å². The minimum atomic E-state index is -4.12. The van der Waals surface area contributed by atoms with E-state index in [1.54, 1.807) is 0 Å². The Balaban J connectivity index is 2.01. The van der Waals surface area contributed by atoms with Crippen LogP contribution in [0.3, 0.4) is 0 Å². The molecule has 0 spiro atoms. The van der Waals surface area contributed by atoms with Crippen molar-refractivity contribution in [3.63, 3.8) is 0 Å². The summed E-state index contributed by atoms with van der Waals surface area (Å²) in [5.41, 5.74) is 0. The van der Waals surface area contributed by atoms with Crippen molar-refractivity contribution in [1.29, 1.82) is 0 Å². The molecular formula is C13H17FN2O4S. The van der Waals surface area contributed by atoms with Gasteiger partial charge in [-0.05, 0) is 31.0 Å². The fourth-order valence-electron chi connectivity index (χ4n) is 2.31. The van der Waals surface area contributed by atoms with Crippen molar-refractivity contribution in [3.05, 3.63) is 24.0 Å². The summed E-state index contributed by atoms with van der Waals surface area (Å²) in [6, 6.07) is 3.09. The fourth-order valence-corrected chi connectivity index (χ4v) is 2.99. The van der Waals surface area contributed by atoms with Gasteiger partial charge >= 0.3 is 0 Å². The maximum Gasteiger partial charge on any atom is 0.258 e. The number of halogens is 1. The van der Waals surface area contributed by atoms with Crippen molar-refractivity contribution < 1.29 is 22.3 Å². The van der Waals surface area contributed by atoms with Gasteiger partial charge in [-0.3, -0.25) is 4.79 Å². The Morgan fingerprint density at radius 3 is 2.67 bits per heavy atom. The van der Waals surface area contributed by atoms with E-state index in [-0.39, 0.29) is 24.3 Å². The summed E-state index contributed by atoms with van der Waals surface area (Å²) in [6.07, 6.45) is 4.04. The van der Waals surface area contributed by atoms with Gasteiger partial charge in [0.05, 0.1) is 0 Å². The molecule has 0 aliphatic heterocycles. The molecule has 6 nitrogen and oxygen atoms in total. The largest absolute Gasteiger partial charge is 0.482 e. The van der Waals surface area contributed by atoms with Crippen LogP contribution in [-0.2, 0) is 14.8 Å². The minimum Gasteiger partial charge on any atom is -0.482 e. The highest BCUT2D eigenvalue weighted by Crippen LogP contribution is 2.23. The highest BCUT2D eigenvalue weighted by atomic mass is 32.2. The van der Waals surface area contributed by atoms with E-state index in [4.69, 9.17) is 9.88 Å². The number of nitrogens with two attached hydrogens (primary N) is 1. The summed E-state index contributed by atoms with van der Waals surface area (Å²) in [5.74, 6) is -1.23. The second kappa shape index (κ2) is 6.40. The molecule has 8 heteroatoms. The number of nitrogens with one attached hydrogen (secondary N) is 1. The first-order valence-electron chi connectivity index (χ1n) is 6.61. The van der Waals surface area contributed by atoms with E-state index < -0.39 is 20.7 Å². The molecule has 0 aromatic heterocycles. The normalized spacial score (nSPS) is 15.9. The van der Waals surface area contributed by atoms with Crippen LogP contribution in [0.1, 0.15) is 25.7 Å². The number of hydrogen-bond acceptors (Lipinski definition) is 4. The Morgan fingerprint density at radius 1 is 1.38 bits per heavy atom. The standard InChI is InChI=1S/C13H17FN2O4S/c14-9-5-6-11(12(7-9)21(15,18)19)20-8-13(17)16-10-3-1-2-4-10/h5-7,10H,1-4,8H2,(H,16,17)(H2,15,18,19). The van der Waals surface area contributed by atoms with Gasteiger partial charge in [-0.15, -0.1) is 0 Å². The molecule has 2 rings (SSSR count). The van der Waals surface area contributed by atoms with E-state index in [0.29, 0.717) is 0 Å². The molecule has 1 fully saturated rings. The average molecular weight is 316 g/mol. The summed E-state index contributed by atoms with van der Waals surface area (Å²) in [7, 11) is -4.12. The predicted molar refractivity (Wildman–Crippen MR) is 73.7 cm³/mol. The topological polar surface area (TPSA) is 98.5 Å². The first kappa shape index (κ1) is 15.7. The van der Waals surface area contributed by atoms with Crippen LogP contribution in [0.5, 0.6) is 5.75 Å². The zero-order valence-electron chi connectivity index (χ0n) is 11.3. The number of amides is 1. The second-order valence-corrected chi connectivity index (χ2v) is 6.50. The van der Waals surface area contributed by atoms with Crippen LogP contribution in [0.4, 0.5) is 4.39 Å². The molecule has 1 aromatic carbocycles. The number of ether oxygens (including phenoxy) is 1. The predicted octanol–water partition coefficient (Wildman–Crippen LogP) is 0.911. The third-order valence-electron chi connectivity index (χ3n) is 3.29. The Hall–Kier alpha value is -1.67. The lowest BCUT2D eigenvalue weighted by atomic mass is 10.2. The number of benzene rings is 1. The first-order chi connectivity index (χ1) is 9.86. The number of carbonyl (C=O) groups is 1. The van der Waals surface area contributed by atoms with E-state index in [9.17, 15) is 17.6 Å². The molecule has 21 heavy (non-hydrogen) atoms. The van der Waals surface area contributed by atoms with Crippen LogP contribution < -0.4 is 15.2 Å². The highest BCUT2D eigenvalue weighted by Gasteiger charge is 2.19. The van der Waals surface area contributed by atoms with Gasteiger partial charge in [-0.1, -0.05) is 12.8 Å². The van der Waals surface area contributed by atoms with Crippen LogP contribution >= 0.6 is 0 Å². The minimum absolute atomic E-state index is 0.138. The Morgan fingerprint density at radius 2 is 2.05 bits per heavy atom. The van der Waals surface area contributed by atoms with Gasteiger partial charge in [0.2, 0.25) is 10.0 Å². The van der Waals surface area contributed by atoms with Crippen molar-refractivity contribution in [2.24, 2.45) is 5.14 Å². The lowest BCUT2D eigenvalue weighted by molar-refractivity contribution is -0.123. The van der Waals surface area contributed by atoms with E-state index in [2.05, 4.69) is 5.32 Å². The molecule has 1 aromatic rings. The van der Waals surface area contributed by atoms with Gasteiger partial charge in [0.1, 0.15) is 16.5 Å². The fraction of sp³-hybridized carbons (Fsp3) is 0.462. The summed E-state index contributed by atoms with van der Waals surface area (Å²) in [6.45, 7) is -0.343. The van der Waals surface area contributed by atoms with Crippen LogP contribution in [0.25, 0.3) is 0 Å². The first-order valence-corrected chi connectivity index (χ1v) is 8.15. The molecule has 0 unspecified atom stereocenters. The van der Waals surface area contributed by atoms with Crippen molar-refractivity contribution in [3.8, 4) is 5.75 Å². The maximum atomic E-state index is 13.1. The van der Waals surface area contributed by atoms with E-state index in [1.165, 1.54) is 0 Å². The van der Waals surface area contributed by atoms with Crippen LogP contribution in [0.2, 0.25) is 0 Å². The molecule has 1 aliphatic rings. The Labute approximate surface area is 122 Å². The highest BCUT2D eigenvalue weighted by molar-refractivity contribution is 7.89. The summed E-state index contributed by atoms with van der Waals surface area (Å²) in [4.78, 5) is 11.2. The number of hydrogen-bond donors (Lipinski definition) is 2. The molecule has 0 atom stereocenters. The third kappa shape index (κ3) is 4.40. The third-order valence-corrected chi connectivity index (χ3v) is 4.22. The van der Waals surface area contributed by atoms with Gasteiger partial charge < -0.3 is 10.1 Å². The number of sulfonamides is 1. The zero-order valence-corrected chi connectivity index (χ0v) is 12.2. The quantitative estimate of drug-likeness (QED) is 0.843. The Kier molecular flexibility index (Phi) is 4.79. The zero-order chi connectivity index (χ0) is 15.5. The number of rotatable bonds is 5. The molecule has 1 aliphatic carbocycles. The Bertz CT molecular complexity index is 627.